The highest BCUT2D eigenvalue weighted by atomic mass is 32.1. The van der Waals surface area contributed by atoms with Gasteiger partial charge in [-0.05, 0) is 29.8 Å². The van der Waals surface area contributed by atoms with Crippen LogP contribution in [0.25, 0.3) is 10.4 Å². The van der Waals surface area contributed by atoms with Gasteiger partial charge in [-0.1, -0.05) is 12.1 Å². The van der Waals surface area contributed by atoms with Crippen molar-refractivity contribution in [2.45, 2.75) is 18.3 Å². The maximum Gasteiger partial charge on any atom is 0.425 e. The van der Waals surface area contributed by atoms with Gasteiger partial charge in [-0.3, -0.25) is 14.5 Å². The Morgan fingerprint density at radius 3 is 2.36 bits per heavy atom. The lowest BCUT2D eigenvalue weighted by Crippen LogP contribution is -2.70. The van der Waals surface area contributed by atoms with Crippen LogP contribution in [0.15, 0.2) is 48.0 Å². The van der Waals surface area contributed by atoms with Crippen molar-refractivity contribution in [1.82, 2.24) is 20.1 Å². The maximum absolute atomic E-state index is 12.8. The van der Waals surface area contributed by atoms with Crippen LogP contribution in [0.4, 0.5) is 13.2 Å². The third-order valence-electron chi connectivity index (χ3n) is 5.84. The lowest BCUT2D eigenvalue weighted by Gasteiger charge is -2.51. The maximum atomic E-state index is 12.8. The Hall–Kier alpha value is -2.76. The number of halogens is 3. The largest absolute Gasteiger partial charge is 0.425 e. The first-order chi connectivity index (χ1) is 15.8. The lowest BCUT2D eigenvalue weighted by molar-refractivity contribution is -0.134. The van der Waals surface area contributed by atoms with Gasteiger partial charge in [0.1, 0.15) is 4.88 Å². The molecule has 2 amide bonds. The summed E-state index contributed by atoms with van der Waals surface area (Å²) in [5, 5.41) is 5.19. The quantitative estimate of drug-likeness (QED) is 0.588. The van der Waals surface area contributed by atoms with Crippen molar-refractivity contribution in [3.05, 3.63) is 63.4 Å². The van der Waals surface area contributed by atoms with E-state index in [1.165, 1.54) is 17.4 Å². The SMILES string of the molecule is O=C(NC1CN(C2CN(C(=O)c3ccc(-c4ccc(C(F)(F)F)s4)cc3)C2)C1)c1nccs1. The Labute approximate surface area is 195 Å². The Bertz CT molecular complexity index is 1150. The van der Waals surface area contributed by atoms with E-state index >= 15 is 0 Å². The molecule has 2 saturated heterocycles. The zero-order valence-corrected chi connectivity index (χ0v) is 18.8. The molecule has 0 atom stereocenters. The predicted octanol–water partition coefficient (Wildman–Crippen LogP) is 3.83. The van der Waals surface area contributed by atoms with E-state index in [9.17, 15) is 22.8 Å². The molecule has 3 aromatic rings. The van der Waals surface area contributed by atoms with Crippen LogP contribution in [0.1, 0.15) is 25.0 Å². The number of nitrogens with one attached hydrogen (secondary N) is 1. The smallest absolute Gasteiger partial charge is 0.345 e. The molecule has 6 nitrogen and oxygen atoms in total. The Balaban J connectivity index is 1.10. The fraction of sp³-hybridized carbons (Fsp3) is 0.318. The second-order valence-corrected chi connectivity index (χ2v) is 10.0. The summed E-state index contributed by atoms with van der Waals surface area (Å²) >= 11 is 2.00. The predicted molar refractivity (Wildman–Crippen MR) is 119 cm³/mol. The second-order valence-electron chi connectivity index (χ2n) is 8.06. The molecule has 0 unspecified atom stereocenters. The second kappa shape index (κ2) is 8.54. The highest BCUT2D eigenvalue weighted by Crippen LogP contribution is 2.38. The van der Waals surface area contributed by atoms with E-state index in [-0.39, 0.29) is 23.9 Å². The summed E-state index contributed by atoms with van der Waals surface area (Å²) in [6, 6.07) is 9.57. The minimum Gasteiger partial charge on any atom is -0.345 e. The number of alkyl halides is 3. The van der Waals surface area contributed by atoms with Crippen LogP contribution in [0.3, 0.4) is 0 Å². The molecule has 1 aromatic carbocycles. The molecular formula is C22H19F3N4O2S2. The third-order valence-corrected chi connectivity index (χ3v) is 7.79. The van der Waals surface area contributed by atoms with Crippen LogP contribution in [-0.2, 0) is 6.18 Å². The number of aromatic nitrogens is 1. The number of amides is 2. The van der Waals surface area contributed by atoms with Crippen molar-refractivity contribution in [1.29, 1.82) is 0 Å². The number of rotatable bonds is 5. The Morgan fingerprint density at radius 1 is 1.03 bits per heavy atom. The van der Waals surface area contributed by atoms with E-state index in [1.807, 2.05) is 0 Å². The molecule has 0 aliphatic carbocycles. The van der Waals surface area contributed by atoms with Crippen LogP contribution in [0.2, 0.25) is 0 Å². The Morgan fingerprint density at radius 2 is 1.76 bits per heavy atom. The summed E-state index contributed by atoms with van der Waals surface area (Å²) in [5.41, 5.74) is 1.17. The fourth-order valence-corrected chi connectivity index (χ4v) is 5.36. The molecule has 2 aliphatic rings. The molecule has 0 saturated carbocycles. The molecule has 0 spiro atoms. The topological polar surface area (TPSA) is 65.5 Å². The van der Waals surface area contributed by atoms with Crippen LogP contribution in [-0.4, -0.2) is 64.9 Å². The fourth-order valence-electron chi connectivity index (χ4n) is 3.94. The van der Waals surface area contributed by atoms with Gasteiger partial charge in [0, 0.05) is 54.2 Å². The summed E-state index contributed by atoms with van der Waals surface area (Å²) in [7, 11) is 0. The molecular weight excluding hydrogens is 473 g/mol. The first-order valence-electron chi connectivity index (χ1n) is 10.3. The van der Waals surface area contributed by atoms with Gasteiger partial charge >= 0.3 is 6.18 Å². The van der Waals surface area contributed by atoms with E-state index in [2.05, 4.69) is 15.2 Å². The average Bonchev–Trinajstić information content (AvgIpc) is 3.42. The van der Waals surface area contributed by atoms with E-state index in [1.54, 1.807) is 40.7 Å². The van der Waals surface area contributed by atoms with Crippen LogP contribution < -0.4 is 5.32 Å². The first kappa shape index (κ1) is 22.1. The van der Waals surface area contributed by atoms with Gasteiger partial charge in [-0.25, -0.2) is 4.98 Å². The molecule has 172 valence electrons. The monoisotopic (exact) mass is 492 g/mol. The molecule has 0 bridgehead atoms. The minimum absolute atomic E-state index is 0.0888. The van der Waals surface area contributed by atoms with Gasteiger partial charge in [0.25, 0.3) is 11.8 Å². The van der Waals surface area contributed by atoms with Crippen molar-refractivity contribution in [3.63, 3.8) is 0 Å². The van der Waals surface area contributed by atoms with Gasteiger partial charge in [-0.2, -0.15) is 13.2 Å². The number of hydrogen-bond acceptors (Lipinski definition) is 6. The number of carbonyl (C=O) groups excluding carboxylic acids is 2. The van der Waals surface area contributed by atoms with Gasteiger partial charge in [0.15, 0.2) is 5.01 Å². The number of thiazole rings is 1. The number of carbonyl (C=O) groups is 2. The summed E-state index contributed by atoms with van der Waals surface area (Å²) in [5.74, 6) is -0.241. The highest BCUT2D eigenvalue weighted by Gasteiger charge is 2.41. The van der Waals surface area contributed by atoms with Crippen LogP contribution in [0.5, 0.6) is 0 Å². The molecule has 2 aromatic heterocycles. The average molecular weight is 493 g/mol. The lowest BCUT2D eigenvalue weighted by atomic mass is 9.98. The van der Waals surface area contributed by atoms with Crippen LogP contribution in [0, 0.1) is 0 Å². The third kappa shape index (κ3) is 4.53. The number of benzene rings is 1. The molecule has 5 rings (SSSR count). The molecule has 33 heavy (non-hydrogen) atoms. The Kier molecular flexibility index (Phi) is 5.71. The van der Waals surface area contributed by atoms with Crippen molar-refractivity contribution >= 4 is 34.5 Å². The van der Waals surface area contributed by atoms with Crippen LogP contribution >= 0.6 is 22.7 Å². The molecule has 11 heteroatoms. The summed E-state index contributed by atoms with van der Waals surface area (Å²) in [4.78, 5) is 32.6. The number of likely N-dealkylation sites (tertiary alicyclic amines) is 2. The molecule has 2 fully saturated rings. The van der Waals surface area contributed by atoms with Crippen molar-refractivity contribution in [2.24, 2.45) is 0 Å². The van der Waals surface area contributed by atoms with Gasteiger partial charge in [-0.15, -0.1) is 22.7 Å². The summed E-state index contributed by atoms with van der Waals surface area (Å²) in [6.45, 7) is 2.74. The van der Waals surface area contributed by atoms with E-state index in [4.69, 9.17) is 0 Å². The first-order valence-corrected chi connectivity index (χ1v) is 12.0. The molecule has 4 heterocycles. The van der Waals surface area contributed by atoms with E-state index in [0.29, 0.717) is 45.4 Å². The summed E-state index contributed by atoms with van der Waals surface area (Å²) < 4.78 is 38.4. The molecule has 2 aliphatic heterocycles. The van der Waals surface area contributed by atoms with E-state index < -0.39 is 11.1 Å². The van der Waals surface area contributed by atoms with Gasteiger partial charge < -0.3 is 10.2 Å². The normalized spacial score (nSPS) is 17.5. The van der Waals surface area contributed by atoms with Crippen molar-refractivity contribution < 1.29 is 22.8 Å². The standard InChI is InChI=1S/C22H19F3N4O2S2/c23-22(24,25)18-6-5-17(33-18)13-1-3-14(4-2-13)21(31)29-11-16(12-29)28-9-15(10-28)27-19(30)20-26-7-8-32-20/h1-8,15-16H,9-12H2,(H,27,30). The zero-order valence-electron chi connectivity index (χ0n) is 17.2. The highest BCUT2D eigenvalue weighted by molar-refractivity contribution is 7.15. The summed E-state index contributed by atoms with van der Waals surface area (Å²) in [6.07, 6.45) is -2.75. The minimum atomic E-state index is -4.35. The van der Waals surface area contributed by atoms with Gasteiger partial charge in [0.2, 0.25) is 0 Å². The number of hydrogen-bond donors (Lipinski definition) is 1. The molecule has 0 radical (unpaired) electrons. The van der Waals surface area contributed by atoms with E-state index in [0.717, 1.165) is 19.2 Å². The van der Waals surface area contributed by atoms with Crippen molar-refractivity contribution in [3.8, 4) is 10.4 Å². The number of thiophene rings is 1. The molecule has 1 N–H and O–H groups in total. The number of nitrogens with zero attached hydrogens (tertiary/aromatic N) is 3. The zero-order chi connectivity index (χ0) is 23.2. The van der Waals surface area contributed by atoms with Gasteiger partial charge in [0.05, 0.1) is 6.04 Å². The van der Waals surface area contributed by atoms with Crippen molar-refractivity contribution in [2.75, 3.05) is 26.2 Å².